The van der Waals surface area contributed by atoms with Crippen molar-refractivity contribution >= 4 is 5.91 Å². The van der Waals surface area contributed by atoms with E-state index in [4.69, 9.17) is 5.84 Å². The number of piperidine rings is 1. The van der Waals surface area contributed by atoms with E-state index in [0.29, 0.717) is 12.3 Å². The van der Waals surface area contributed by atoms with Crippen molar-refractivity contribution in [2.45, 2.75) is 45.1 Å². The van der Waals surface area contributed by atoms with Crippen molar-refractivity contribution in [2.75, 3.05) is 19.6 Å². The second-order valence-corrected chi connectivity index (χ2v) is 5.01. The number of hydrogen-bond acceptors (Lipinski definition) is 4. The SMILES string of the molecule is CC1CN(CCCCCC(=O)NN)CCC1O. The van der Waals surface area contributed by atoms with Crippen LogP contribution in [0.3, 0.4) is 0 Å². The molecule has 2 unspecified atom stereocenters. The van der Waals surface area contributed by atoms with Gasteiger partial charge in [-0.3, -0.25) is 10.2 Å². The van der Waals surface area contributed by atoms with Gasteiger partial charge in [-0.1, -0.05) is 13.3 Å². The first-order chi connectivity index (χ1) is 8.13. The number of aliphatic hydroxyl groups is 1. The van der Waals surface area contributed by atoms with Gasteiger partial charge in [0.15, 0.2) is 0 Å². The number of nitrogens with one attached hydrogen (secondary N) is 1. The van der Waals surface area contributed by atoms with E-state index < -0.39 is 0 Å². The lowest BCUT2D eigenvalue weighted by Gasteiger charge is -2.34. The van der Waals surface area contributed by atoms with Gasteiger partial charge in [0.2, 0.25) is 5.91 Å². The molecule has 0 aromatic carbocycles. The highest BCUT2D eigenvalue weighted by Crippen LogP contribution is 2.17. The van der Waals surface area contributed by atoms with Gasteiger partial charge in [-0.15, -0.1) is 0 Å². The summed E-state index contributed by atoms with van der Waals surface area (Å²) < 4.78 is 0. The Morgan fingerprint density at radius 1 is 1.47 bits per heavy atom. The minimum Gasteiger partial charge on any atom is -0.393 e. The number of carbonyl (C=O) groups excluding carboxylic acids is 1. The van der Waals surface area contributed by atoms with Crippen LogP contribution < -0.4 is 11.3 Å². The van der Waals surface area contributed by atoms with Crippen LogP contribution in [0, 0.1) is 5.92 Å². The van der Waals surface area contributed by atoms with Gasteiger partial charge in [-0.2, -0.15) is 0 Å². The number of hydrazine groups is 1. The van der Waals surface area contributed by atoms with Crippen molar-refractivity contribution in [2.24, 2.45) is 11.8 Å². The van der Waals surface area contributed by atoms with Crippen LogP contribution in [-0.4, -0.2) is 41.7 Å². The summed E-state index contributed by atoms with van der Waals surface area (Å²) in [7, 11) is 0. The Balaban J connectivity index is 2.01. The van der Waals surface area contributed by atoms with Crippen LogP contribution in [-0.2, 0) is 4.79 Å². The molecule has 2 atom stereocenters. The molecule has 0 saturated carbocycles. The van der Waals surface area contributed by atoms with Crippen molar-refractivity contribution < 1.29 is 9.90 Å². The Labute approximate surface area is 103 Å². The van der Waals surface area contributed by atoms with Crippen LogP contribution in [0.25, 0.3) is 0 Å². The maximum Gasteiger partial charge on any atom is 0.233 e. The van der Waals surface area contributed by atoms with E-state index in [-0.39, 0.29) is 12.0 Å². The van der Waals surface area contributed by atoms with Gasteiger partial charge in [0.25, 0.3) is 0 Å². The molecule has 17 heavy (non-hydrogen) atoms. The molecule has 5 heteroatoms. The second-order valence-electron chi connectivity index (χ2n) is 5.01. The predicted octanol–water partition coefficient (Wildman–Crippen LogP) is 0.239. The van der Waals surface area contributed by atoms with E-state index >= 15 is 0 Å². The van der Waals surface area contributed by atoms with E-state index in [1.54, 1.807) is 0 Å². The summed E-state index contributed by atoms with van der Waals surface area (Å²) in [6.45, 7) is 5.16. The zero-order valence-electron chi connectivity index (χ0n) is 10.7. The summed E-state index contributed by atoms with van der Waals surface area (Å²) in [5, 5.41) is 9.61. The lowest BCUT2D eigenvalue weighted by Crippen LogP contribution is -2.42. The number of nitrogens with two attached hydrogens (primary N) is 1. The summed E-state index contributed by atoms with van der Waals surface area (Å²) in [6.07, 6.45) is 4.35. The smallest absolute Gasteiger partial charge is 0.233 e. The highest BCUT2D eigenvalue weighted by Gasteiger charge is 2.23. The molecule has 4 N–H and O–H groups in total. The van der Waals surface area contributed by atoms with Crippen LogP contribution in [0.5, 0.6) is 0 Å². The number of rotatable bonds is 6. The number of hydrogen-bond donors (Lipinski definition) is 3. The van der Waals surface area contributed by atoms with E-state index in [0.717, 1.165) is 45.3 Å². The molecule has 1 aliphatic heterocycles. The number of amides is 1. The van der Waals surface area contributed by atoms with Crippen LogP contribution in [0.2, 0.25) is 0 Å². The van der Waals surface area contributed by atoms with Crippen LogP contribution >= 0.6 is 0 Å². The quantitative estimate of drug-likeness (QED) is 0.270. The Bertz CT molecular complexity index is 236. The van der Waals surface area contributed by atoms with Crippen molar-refractivity contribution in [1.82, 2.24) is 10.3 Å². The first kappa shape index (κ1) is 14.4. The zero-order valence-corrected chi connectivity index (χ0v) is 10.7. The van der Waals surface area contributed by atoms with Crippen LogP contribution in [0.1, 0.15) is 39.0 Å². The number of aliphatic hydroxyl groups excluding tert-OH is 1. The summed E-state index contributed by atoms with van der Waals surface area (Å²) in [4.78, 5) is 13.3. The molecule has 0 aliphatic carbocycles. The third kappa shape index (κ3) is 5.48. The summed E-state index contributed by atoms with van der Waals surface area (Å²) in [6, 6.07) is 0. The summed E-state index contributed by atoms with van der Waals surface area (Å²) >= 11 is 0. The maximum atomic E-state index is 10.9. The van der Waals surface area contributed by atoms with Crippen molar-refractivity contribution in [3.63, 3.8) is 0 Å². The molecule has 1 fully saturated rings. The van der Waals surface area contributed by atoms with E-state index in [2.05, 4.69) is 17.2 Å². The Hall–Kier alpha value is -0.650. The van der Waals surface area contributed by atoms with Gasteiger partial charge < -0.3 is 10.0 Å². The molecule has 1 saturated heterocycles. The molecular formula is C12H25N3O2. The molecule has 0 spiro atoms. The molecule has 0 radical (unpaired) electrons. The molecule has 1 amide bonds. The standard InChI is InChI=1S/C12H25N3O2/c1-10-9-15(8-6-11(10)16)7-4-2-3-5-12(17)14-13/h10-11,16H,2-9,13H2,1H3,(H,14,17). The van der Waals surface area contributed by atoms with Gasteiger partial charge in [0, 0.05) is 19.5 Å². The van der Waals surface area contributed by atoms with E-state index in [1.807, 2.05) is 0 Å². The van der Waals surface area contributed by atoms with Gasteiger partial charge in [-0.25, -0.2) is 5.84 Å². The maximum absolute atomic E-state index is 10.9. The monoisotopic (exact) mass is 243 g/mol. The molecule has 1 rings (SSSR count). The molecule has 100 valence electrons. The minimum absolute atomic E-state index is 0.0836. The predicted molar refractivity (Wildman–Crippen MR) is 67.0 cm³/mol. The fourth-order valence-electron chi connectivity index (χ4n) is 2.29. The first-order valence-corrected chi connectivity index (χ1v) is 6.53. The van der Waals surface area contributed by atoms with Crippen molar-refractivity contribution in [1.29, 1.82) is 0 Å². The number of likely N-dealkylation sites (tertiary alicyclic amines) is 1. The largest absolute Gasteiger partial charge is 0.393 e. The molecule has 0 aromatic heterocycles. The summed E-state index contributed by atoms with van der Waals surface area (Å²) in [5.41, 5.74) is 2.14. The number of nitrogens with zero attached hydrogens (tertiary/aromatic N) is 1. The Morgan fingerprint density at radius 3 is 2.88 bits per heavy atom. The fraction of sp³-hybridized carbons (Fsp3) is 0.917. The third-order valence-electron chi connectivity index (χ3n) is 3.48. The topological polar surface area (TPSA) is 78.6 Å². The van der Waals surface area contributed by atoms with Gasteiger partial charge in [0.05, 0.1) is 6.10 Å². The second kappa shape index (κ2) is 7.63. The third-order valence-corrected chi connectivity index (χ3v) is 3.48. The molecule has 0 aromatic rings. The normalized spacial score (nSPS) is 25.8. The summed E-state index contributed by atoms with van der Waals surface area (Å²) in [5.74, 6) is 5.30. The minimum atomic E-state index is -0.125. The van der Waals surface area contributed by atoms with Crippen LogP contribution in [0.4, 0.5) is 0 Å². The zero-order chi connectivity index (χ0) is 12.7. The van der Waals surface area contributed by atoms with Crippen molar-refractivity contribution in [3.8, 4) is 0 Å². The van der Waals surface area contributed by atoms with E-state index in [1.165, 1.54) is 0 Å². The Kier molecular flexibility index (Phi) is 6.47. The first-order valence-electron chi connectivity index (χ1n) is 6.53. The molecule has 0 bridgehead atoms. The van der Waals surface area contributed by atoms with Gasteiger partial charge in [-0.05, 0) is 31.7 Å². The average molecular weight is 243 g/mol. The average Bonchev–Trinajstić information content (AvgIpc) is 2.33. The fourth-order valence-corrected chi connectivity index (χ4v) is 2.29. The number of carbonyl (C=O) groups is 1. The van der Waals surface area contributed by atoms with Crippen LogP contribution in [0.15, 0.2) is 0 Å². The molecular weight excluding hydrogens is 218 g/mol. The lowest BCUT2D eigenvalue weighted by molar-refractivity contribution is -0.121. The Morgan fingerprint density at radius 2 is 2.24 bits per heavy atom. The highest BCUT2D eigenvalue weighted by atomic mass is 16.3. The van der Waals surface area contributed by atoms with Crippen molar-refractivity contribution in [3.05, 3.63) is 0 Å². The van der Waals surface area contributed by atoms with E-state index in [9.17, 15) is 9.90 Å². The number of unbranched alkanes of at least 4 members (excludes halogenated alkanes) is 2. The molecule has 5 nitrogen and oxygen atoms in total. The van der Waals surface area contributed by atoms with Gasteiger partial charge in [0.1, 0.15) is 0 Å². The highest BCUT2D eigenvalue weighted by molar-refractivity contribution is 5.74. The molecule has 1 heterocycles. The lowest BCUT2D eigenvalue weighted by atomic mass is 9.96. The molecule has 1 aliphatic rings. The van der Waals surface area contributed by atoms with Gasteiger partial charge >= 0.3 is 0 Å².